The van der Waals surface area contributed by atoms with E-state index in [2.05, 4.69) is 0 Å². The zero-order valence-electron chi connectivity index (χ0n) is 16.8. The van der Waals surface area contributed by atoms with Crippen LogP contribution in [0.5, 0.6) is 0 Å². The zero-order valence-corrected chi connectivity index (χ0v) is 16.8. The van der Waals surface area contributed by atoms with Crippen LogP contribution in [-0.2, 0) is 5.60 Å². The van der Waals surface area contributed by atoms with Crippen LogP contribution in [-0.4, -0.2) is 42.6 Å². The third kappa shape index (κ3) is 3.30. The molecule has 3 atom stereocenters. The molecule has 28 heavy (non-hydrogen) atoms. The van der Waals surface area contributed by atoms with E-state index in [4.69, 9.17) is 0 Å². The van der Waals surface area contributed by atoms with Crippen LogP contribution in [0.1, 0.15) is 48.0 Å². The summed E-state index contributed by atoms with van der Waals surface area (Å²) in [5.74, 6) is 0.194. The van der Waals surface area contributed by atoms with Crippen LogP contribution in [0.15, 0.2) is 54.6 Å². The number of carbonyl (C=O) groups is 1. The Bertz CT molecular complexity index is 818. The summed E-state index contributed by atoms with van der Waals surface area (Å²) in [5, 5.41) is 11.7. The Morgan fingerprint density at radius 1 is 1.04 bits per heavy atom. The number of carbonyl (C=O) groups excluding carboxylic acids is 1. The summed E-state index contributed by atoms with van der Waals surface area (Å²) >= 11 is 0. The molecule has 148 valence electrons. The molecule has 1 N–H and O–H groups in total. The predicted octanol–water partition coefficient (Wildman–Crippen LogP) is 4.05. The summed E-state index contributed by atoms with van der Waals surface area (Å²) in [4.78, 5) is 17.4. The van der Waals surface area contributed by atoms with Gasteiger partial charge < -0.3 is 14.9 Å². The van der Waals surface area contributed by atoms with Crippen molar-refractivity contribution in [1.29, 1.82) is 0 Å². The van der Waals surface area contributed by atoms with Gasteiger partial charge in [0.05, 0.1) is 5.60 Å². The third-order valence-corrected chi connectivity index (χ3v) is 6.64. The average Bonchev–Trinajstić information content (AvgIpc) is 2.74. The molecule has 2 aliphatic rings. The highest BCUT2D eigenvalue weighted by Gasteiger charge is 2.50. The summed E-state index contributed by atoms with van der Waals surface area (Å²) in [5.41, 5.74) is 1.98. The van der Waals surface area contributed by atoms with Crippen LogP contribution in [0, 0.1) is 5.92 Å². The molecule has 0 radical (unpaired) electrons. The summed E-state index contributed by atoms with van der Waals surface area (Å²) in [7, 11) is 4.00. The van der Waals surface area contributed by atoms with E-state index >= 15 is 0 Å². The van der Waals surface area contributed by atoms with Crippen LogP contribution in [0.4, 0.5) is 5.69 Å². The lowest BCUT2D eigenvalue weighted by Gasteiger charge is -2.52. The number of hydrogen-bond donors (Lipinski definition) is 1. The maximum Gasteiger partial charge on any atom is 0.254 e. The lowest BCUT2D eigenvalue weighted by atomic mass is 9.66. The molecule has 0 bridgehead atoms. The Balaban J connectivity index is 1.61. The van der Waals surface area contributed by atoms with Gasteiger partial charge in [0.1, 0.15) is 0 Å². The second-order valence-electron chi connectivity index (χ2n) is 8.44. The molecule has 1 amide bonds. The van der Waals surface area contributed by atoms with Crippen molar-refractivity contribution in [2.45, 2.75) is 43.7 Å². The third-order valence-electron chi connectivity index (χ3n) is 6.64. The fourth-order valence-electron chi connectivity index (χ4n) is 5.09. The summed E-state index contributed by atoms with van der Waals surface area (Å²) in [6.45, 7) is 0.598. The molecular weight excluding hydrogens is 348 g/mol. The molecule has 4 rings (SSSR count). The first-order valence-electron chi connectivity index (χ1n) is 10.4. The molecule has 1 saturated heterocycles. The highest BCUT2D eigenvalue weighted by molar-refractivity contribution is 5.95. The highest BCUT2D eigenvalue weighted by atomic mass is 16.3. The zero-order chi connectivity index (χ0) is 19.7. The van der Waals surface area contributed by atoms with E-state index in [-0.39, 0.29) is 17.9 Å². The topological polar surface area (TPSA) is 43.8 Å². The molecule has 1 heterocycles. The second kappa shape index (κ2) is 7.59. The van der Waals surface area contributed by atoms with Crippen LogP contribution < -0.4 is 4.90 Å². The van der Waals surface area contributed by atoms with Gasteiger partial charge in [-0.3, -0.25) is 4.79 Å². The molecule has 2 aromatic carbocycles. The quantitative estimate of drug-likeness (QED) is 0.876. The van der Waals surface area contributed by atoms with Crippen molar-refractivity contribution in [2.24, 2.45) is 5.92 Å². The maximum atomic E-state index is 13.3. The van der Waals surface area contributed by atoms with Crippen molar-refractivity contribution < 1.29 is 9.90 Å². The minimum Gasteiger partial charge on any atom is -0.385 e. The molecule has 2 aromatic rings. The average molecular weight is 379 g/mol. The molecule has 4 nitrogen and oxygen atoms in total. The lowest BCUT2D eigenvalue weighted by molar-refractivity contribution is -0.110. The fraction of sp³-hybridized carbons (Fsp3) is 0.458. The smallest absolute Gasteiger partial charge is 0.254 e. The maximum absolute atomic E-state index is 13.3. The Labute approximate surface area is 167 Å². The van der Waals surface area contributed by atoms with E-state index in [1.807, 2.05) is 78.5 Å². The number of fused-ring (bicyclic) bond motifs is 1. The van der Waals surface area contributed by atoms with E-state index < -0.39 is 5.60 Å². The number of anilines is 1. The molecule has 1 saturated carbocycles. The number of rotatable bonds is 3. The molecule has 1 unspecified atom stereocenters. The molecule has 4 heteroatoms. The first-order valence-corrected chi connectivity index (χ1v) is 10.4. The highest BCUT2D eigenvalue weighted by Crippen LogP contribution is 2.47. The number of amides is 1. The minimum atomic E-state index is -0.835. The summed E-state index contributed by atoms with van der Waals surface area (Å²) < 4.78 is 0. The van der Waals surface area contributed by atoms with E-state index in [0.717, 1.165) is 42.5 Å². The second-order valence-corrected chi connectivity index (χ2v) is 8.44. The van der Waals surface area contributed by atoms with Gasteiger partial charge in [0, 0.05) is 43.9 Å². The fourth-order valence-corrected chi connectivity index (χ4v) is 5.09. The van der Waals surface area contributed by atoms with Gasteiger partial charge in [-0.05, 0) is 49.1 Å². The number of piperidine rings is 1. The monoisotopic (exact) mass is 378 g/mol. The predicted molar refractivity (Wildman–Crippen MR) is 113 cm³/mol. The van der Waals surface area contributed by atoms with E-state index in [1.165, 1.54) is 0 Å². The van der Waals surface area contributed by atoms with Gasteiger partial charge in [-0.2, -0.15) is 0 Å². The number of nitrogens with zero attached hydrogens (tertiary/aromatic N) is 2. The van der Waals surface area contributed by atoms with Gasteiger partial charge in [0.25, 0.3) is 5.91 Å². The summed E-state index contributed by atoms with van der Waals surface area (Å²) in [6.07, 6.45) is 4.78. The van der Waals surface area contributed by atoms with Crippen molar-refractivity contribution in [1.82, 2.24) is 4.90 Å². The van der Waals surface area contributed by atoms with Gasteiger partial charge in [-0.25, -0.2) is 0 Å². The number of hydrogen-bond acceptors (Lipinski definition) is 3. The SMILES string of the molecule is CN(C)c1ccc(C(=O)N2CCC(O)(c3ccccc3)[C@H]3CCCC[C@H]32)cc1. The van der Waals surface area contributed by atoms with Crippen LogP contribution >= 0.6 is 0 Å². The Kier molecular flexibility index (Phi) is 5.15. The van der Waals surface area contributed by atoms with Crippen LogP contribution in [0.2, 0.25) is 0 Å². The van der Waals surface area contributed by atoms with Crippen molar-refractivity contribution >= 4 is 11.6 Å². The Morgan fingerprint density at radius 2 is 1.71 bits per heavy atom. The van der Waals surface area contributed by atoms with E-state index in [9.17, 15) is 9.90 Å². The van der Waals surface area contributed by atoms with Gasteiger partial charge in [-0.1, -0.05) is 43.2 Å². The lowest BCUT2D eigenvalue weighted by Crippen LogP contribution is -2.58. The Hall–Kier alpha value is -2.33. The molecule has 1 aliphatic carbocycles. The molecule has 2 fully saturated rings. The largest absolute Gasteiger partial charge is 0.385 e. The molecule has 0 aromatic heterocycles. The van der Waals surface area contributed by atoms with Gasteiger partial charge in [0.2, 0.25) is 0 Å². The van der Waals surface area contributed by atoms with Gasteiger partial charge in [0.15, 0.2) is 0 Å². The molecule has 0 spiro atoms. The summed E-state index contributed by atoms with van der Waals surface area (Å²) in [6, 6.07) is 18.0. The first kappa shape index (κ1) is 19.0. The van der Waals surface area contributed by atoms with Crippen molar-refractivity contribution in [3.05, 3.63) is 65.7 Å². The molecule has 1 aliphatic heterocycles. The standard InChI is InChI=1S/C24H30N2O2/c1-25(2)20-14-12-18(13-15-20)23(27)26-17-16-24(28,19-8-4-3-5-9-19)21-10-6-7-11-22(21)26/h3-5,8-9,12-15,21-22,28H,6-7,10-11,16-17H2,1-2H3/t21-,22+,24?/m0/s1. The van der Waals surface area contributed by atoms with Crippen molar-refractivity contribution in [3.63, 3.8) is 0 Å². The van der Waals surface area contributed by atoms with Crippen molar-refractivity contribution in [3.8, 4) is 0 Å². The van der Waals surface area contributed by atoms with Crippen molar-refractivity contribution in [2.75, 3.05) is 25.5 Å². The van der Waals surface area contributed by atoms with Crippen LogP contribution in [0.3, 0.4) is 0 Å². The molecular formula is C24H30N2O2. The minimum absolute atomic E-state index is 0.0947. The first-order chi connectivity index (χ1) is 13.5. The number of aliphatic hydroxyl groups is 1. The van der Waals surface area contributed by atoms with E-state index in [1.54, 1.807) is 0 Å². The van der Waals surface area contributed by atoms with Gasteiger partial charge in [-0.15, -0.1) is 0 Å². The van der Waals surface area contributed by atoms with Gasteiger partial charge >= 0.3 is 0 Å². The number of likely N-dealkylation sites (tertiary alicyclic amines) is 1. The Morgan fingerprint density at radius 3 is 2.39 bits per heavy atom. The van der Waals surface area contributed by atoms with Crippen LogP contribution in [0.25, 0.3) is 0 Å². The number of benzene rings is 2. The van der Waals surface area contributed by atoms with E-state index in [0.29, 0.717) is 13.0 Å². The normalized spacial score (nSPS) is 27.2.